The Hall–Kier alpha value is -0.870. The van der Waals surface area contributed by atoms with E-state index in [9.17, 15) is 0 Å². The molecule has 4 heteroatoms. The van der Waals surface area contributed by atoms with Crippen LogP contribution in [0.25, 0.3) is 0 Å². The van der Waals surface area contributed by atoms with Gasteiger partial charge < -0.3 is 10.1 Å². The zero-order valence-corrected chi connectivity index (χ0v) is 10.6. The second kappa shape index (κ2) is 4.10. The van der Waals surface area contributed by atoms with Crippen LogP contribution in [0.3, 0.4) is 0 Å². The van der Waals surface area contributed by atoms with E-state index < -0.39 is 0 Å². The summed E-state index contributed by atoms with van der Waals surface area (Å²) in [5.41, 5.74) is 1.12. The van der Waals surface area contributed by atoms with Gasteiger partial charge in [0, 0.05) is 12.7 Å². The zero-order chi connectivity index (χ0) is 11.9. The van der Waals surface area contributed by atoms with Gasteiger partial charge in [0.25, 0.3) is 0 Å². The maximum Gasteiger partial charge on any atom is 0.0836 e. The Bertz CT molecular complexity index is 395. The highest BCUT2D eigenvalue weighted by Crippen LogP contribution is 2.37. The molecule has 1 atom stereocenters. The van der Waals surface area contributed by atoms with E-state index in [1.54, 1.807) is 0 Å². The van der Waals surface area contributed by atoms with Crippen LogP contribution in [-0.4, -0.2) is 28.5 Å². The van der Waals surface area contributed by atoms with Crippen molar-refractivity contribution in [2.45, 2.75) is 50.8 Å². The predicted octanol–water partition coefficient (Wildman–Crippen LogP) is 2.05. The lowest BCUT2D eigenvalue weighted by atomic mass is 9.90. The summed E-state index contributed by atoms with van der Waals surface area (Å²) in [7, 11) is 0. The molecule has 1 aromatic heterocycles. The van der Waals surface area contributed by atoms with E-state index in [0.717, 1.165) is 13.2 Å². The number of ether oxygens (including phenoxy) is 1. The van der Waals surface area contributed by atoms with E-state index in [1.165, 1.54) is 25.0 Å². The van der Waals surface area contributed by atoms with Gasteiger partial charge in [-0.05, 0) is 39.2 Å². The quantitative estimate of drug-likeness (QED) is 0.852. The van der Waals surface area contributed by atoms with Gasteiger partial charge in [-0.25, -0.2) is 0 Å². The minimum absolute atomic E-state index is 0.153. The molecule has 2 fully saturated rings. The lowest BCUT2D eigenvalue weighted by molar-refractivity contribution is -0.0748. The van der Waals surface area contributed by atoms with Crippen LogP contribution in [0.15, 0.2) is 12.3 Å². The summed E-state index contributed by atoms with van der Waals surface area (Å²) in [5, 5.41) is 8.07. The van der Waals surface area contributed by atoms with Gasteiger partial charge in [-0.15, -0.1) is 0 Å². The highest BCUT2D eigenvalue weighted by molar-refractivity contribution is 5.14. The molecule has 3 rings (SSSR count). The maximum atomic E-state index is 5.88. The molecule has 0 amide bonds. The predicted molar refractivity (Wildman–Crippen MR) is 65.9 cm³/mol. The molecule has 17 heavy (non-hydrogen) atoms. The molecule has 1 saturated carbocycles. The third-order valence-electron chi connectivity index (χ3n) is 4.04. The Kier molecular flexibility index (Phi) is 2.71. The summed E-state index contributed by atoms with van der Waals surface area (Å²) in [6.07, 6.45) is 5.79. The van der Waals surface area contributed by atoms with Gasteiger partial charge in [-0.2, -0.15) is 5.10 Å². The summed E-state index contributed by atoms with van der Waals surface area (Å²) < 4.78 is 8.09. The van der Waals surface area contributed by atoms with E-state index in [-0.39, 0.29) is 11.6 Å². The van der Waals surface area contributed by atoms with Gasteiger partial charge >= 0.3 is 0 Å². The van der Waals surface area contributed by atoms with E-state index >= 15 is 0 Å². The number of hydrogen-bond donors (Lipinski definition) is 1. The summed E-state index contributed by atoms with van der Waals surface area (Å²) in [4.78, 5) is 0. The van der Waals surface area contributed by atoms with Crippen LogP contribution in [0.1, 0.15) is 50.9 Å². The Labute approximate surface area is 102 Å². The fourth-order valence-electron chi connectivity index (χ4n) is 2.80. The minimum atomic E-state index is -0.153. The first kappa shape index (κ1) is 11.2. The Balaban J connectivity index is 1.89. The van der Waals surface area contributed by atoms with Gasteiger partial charge in [-0.1, -0.05) is 0 Å². The molecule has 0 aromatic carbocycles. The highest BCUT2D eigenvalue weighted by Gasteiger charge is 2.37. The fourth-order valence-corrected chi connectivity index (χ4v) is 2.80. The number of hydrogen-bond acceptors (Lipinski definition) is 3. The Morgan fingerprint density at radius 1 is 1.47 bits per heavy atom. The average Bonchev–Trinajstić information content (AvgIpc) is 2.63. The first-order chi connectivity index (χ1) is 8.18. The van der Waals surface area contributed by atoms with Gasteiger partial charge in [0.05, 0.1) is 30.0 Å². The van der Waals surface area contributed by atoms with Crippen LogP contribution in [0, 0.1) is 0 Å². The number of nitrogens with one attached hydrogen (secondary N) is 1. The standard InChI is InChI=1S/C13H21N3O/c1-13(2)12(14-8-9-17-13)11-6-7-15-16(11)10-4-3-5-10/h6-7,10,12,14H,3-5,8-9H2,1-2H3. The molecule has 1 aliphatic heterocycles. The molecule has 1 unspecified atom stereocenters. The Morgan fingerprint density at radius 2 is 2.29 bits per heavy atom. The van der Waals surface area contributed by atoms with Gasteiger partial charge in [0.15, 0.2) is 0 Å². The summed E-state index contributed by atoms with van der Waals surface area (Å²) in [6.45, 7) is 6.02. The second-order valence-corrected chi connectivity index (χ2v) is 5.62. The summed E-state index contributed by atoms with van der Waals surface area (Å²) in [5.74, 6) is 0. The largest absolute Gasteiger partial charge is 0.372 e. The maximum absolute atomic E-state index is 5.88. The van der Waals surface area contributed by atoms with Crippen LogP contribution in [0.5, 0.6) is 0 Å². The molecule has 4 nitrogen and oxygen atoms in total. The van der Waals surface area contributed by atoms with Crippen molar-refractivity contribution >= 4 is 0 Å². The lowest BCUT2D eigenvalue weighted by Gasteiger charge is -2.40. The van der Waals surface area contributed by atoms with Crippen LogP contribution < -0.4 is 5.32 Å². The van der Waals surface area contributed by atoms with Crippen molar-refractivity contribution < 1.29 is 4.74 Å². The van der Waals surface area contributed by atoms with Crippen molar-refractivity contribution in [1.82, 2.24) is 15.1 Å². The molecule has 2 aliphatic rings. The molecular weight excluding hydrogens is 214 g/mol. The molecule has 2 heterocycles. The molecule has 94 valence electrons. The molecule has 0 bridgehead atoms. The van der Waals surface area contributed by atoms with Crippen molar-refractivity contribution in [2.24, 2.45) is 0 Å². The molecule has 0 radical (unpaired) electrons. The van der Waals surface area contributed by atoms with E-state index in [4.69, 9.17) is 4.74 Å². The van der Waals surface area contributed by atoms with Crippen molar-refractivity contribution in [3.8, 4) is 0 Å². The fraction of sp³-hybridized carbons (Fsp3) is 0.769. The van der Waals surface area contributed by atoms with Crippen LogP contribution >= 0.6 is 0 Å². The lowest BCUT2D eigenvalue weighted by Crippen LogP contribution is -2.49. The number of aromatic nitrogens is 2. The number of rotatable bonds is 2. The monoisotopic (exact) mass is 235 g/mol. The van der Waals surface area contributed by atoms with E-state index in [2.05, 4.69) is 35.0 Å². The normalized spacial score (nSPS) is 28.9. The minimum Gasteiger partial charge on any atom is -0.372 e. The average molecular weight is 235 g/mol. The van der Waals surface area contributed by atoms with Crippen LogP contribution in [0.2, 0.25) is 0 Å². The van der Waals surface area contributed by atoms with Crippen molar-refractivity contribution in [2.75, 3.05) is 13.2 Å². The summed E-state index contributed by atoms with van der Waals surface area (Å²) >= 11 is 0. The zero-order valence-electron chi connectivity index (χ0n) is 10.6. The summed E-state index contributed by atoms with van der Waals surface area (Å²) in [6, 6.07) is 2.99. The first-order valence-electron chi connectivity index (χ1n) is 6.59. The van der Waals surface area contributed by atoms with Gasteiger partial charge in [0.1, 0.15) is 0 Å². The van der Waals surface area contributed by atoms with Crippen molar-refractivity contribution in [3.05, 3.63) is 18.0 Å². The Morgan fingerprint density at radius 3 is 2.94 bits per heavy atom. The van der Waals surface area contributed by atoms with Crippen LogP contribution in [-0.2, 0) is 4.74 Å². The number of morpholine rings is 1. The SMILES string of the molecule is CC1(C)OCCNC1c1ccnn1C1CCC1. The first-order valence-corrected chi connectivity index (χ1v) is 6.59. The smallest absolute Gasteiger partial charge is 0.0836 e. The highest BCUT2D eigenvalue weighted by atomic mass is 16.5. The van der Waals surface area contributed by atoms with Gasteiger partial charge in [0.2, 0.25) is 0 Å². The second-order valence-electron chi connectivity index (χ2n) is 5.62. The third kappa shape index (κ3) is 1.89. The molecule has 1 saturated heterocycles. The molecular formula is C13H21N3O. The molecule has 1 aliphatic carbocycles. The topological polar surface area (TPSA) is 39.1 Å². The van der Waals surface area contributed by atoms with Crippen molar-refractivity contribution in [1.29, 1.82) is 0 Å². The van der Waals surface area contributed by atoms with Crippen LogP contribution in [0.4, 0.5) is 0 Å². The molecule has 1 aromatic rings. The van der Waals surface area contributed by atoms with E-state index in [1.807, 2.05) is 6.20 Å². The van der Waals surface area contributed by atoms with E-state index in [0.29, 0.717) is 6.04 Å². The number of nitrogens with zero attached hydrogens (tertiary/aromatic N) is 2. The molecule has 1 N–H and O–H groups in total. The van der Waals surface area contributed by atoms with Crippen molar-refractivity contribution in [3.63, 3.8) is 0 Å². The molecule has 0 spiro atoms. The van der Waals surface area contributed by atoms with Gasteiger partial charge in [-0.3, -0.25) is 4.68 Å². The third-order valence-corrected chi connectivity index (χ3v) is 4.04.